The summed E-state index contributed by atoms with van der Waals surface area (Å²) in [5.74, 6) is 1.02. The third kappa shape index (κ3) is 3.19. The zero-order chi connectivity index (χ0) is 17.1. The van der Waals surface area contributed by atoms with E-state index in [9.17, 15) is 4.79 Å². The summed E-state index contributed by atoms with van der Waals surface area (Å²) < 4.78 is 16.6. The van der Waals surface area contributed by atoms with Crippen LogP contribution in [-0.4, -0.2) is 26.1 Å². The Morgan fingerprint density at radius 2 is 1.92 bits per heavy atom. The smallest absolute Gasteiger partial charge is 0.363 e. The standard InChI is InChI=1S/C18H14BrNO4/c1-22-12-8-7-11(16(10-12)23-2)9-15-18(21)24-17(20-15)13-5-3-4-6-14(13)19/h3-10H,1-2H3/b15-9-. The molecule has 0 amide bonds. The van der Waals surface area contributed by atoms with Gasteiger partial charge < -0.3 is 14.2 Å². The molecule has 0 fully saturated rings. The SMILES string of the molecule is COc1ccc(/C=C2\N=C(c3ccccc3Br)OC2=O)c(OC)c1. The molecule has 1 aliphatic rings. The Morgan fingerprint density at radius 3 is 2.62 bits per heavy atom. The molecule has 0 N–H and O–H groups in total. The first kappa shape index (κ1) is 16.3. The van der Waals surface area contributed by atoms with Crippen LogP contribution in [0.4, 0.5) is 0 Å². The van der Waals surface area contributed by atoms with E-state index in [4.69, 9.17) is 14.2 Å². The lowest BCUT2D eigenvalue weighted by Crippen LogP contribution is -2.05. The van der Waals surface area contributed by atoms with Gasteiger partial charge in [-0.2, -0.15) is 0 Å². The quantitative estimate of drug-likeness (QED) is 0.591. The van der Waals surface area contributed by atoms with Gasteiger partial charge in [0.15, 0.2) is 5.70 Å². The topological polar surface area (TPSA) is 57.1 Å². The Balaban J connectivity index is 1.99. The first-order valence-corrected chi connectivity index (χ1v) is 7.91. The number of carbonyl (C=O) groups excluding carboxylic acids is 1. The summed E-state index contributed by atoms with van der Waals surface area (Å²) >= 11 is 3.43. The predicted molar refractivity (Wildman–Crippen MR) is 94.3 cm³/mol. The number of halogens is 1. The number of hydrogen-bond acceptors (Lipinski definition) is 5. The maximum absolute atomic E-state index is 12.1. The Bertz CT molecular complexity index is 858. The van der Waals surface area contributed by atoms with Gasteiger partial charge in [-0.15, -0.1) is 0 Å². The third-order valence-corrected chi connectivity index (χ3v) is 4.15. The van der Waals surface area contributed by atoms with E-state index in [0.717, 1.165) is 10.0 Å². The Morgan fingerprint density at radius 1 is 1.12 bits per heavy atom. The average molecular weight is 388 g/mol. The molecule has 1 heterocycles. The zero-order valence-electron chi connectivity index (χ0n) is 13.1. The third-order valence-electron chi connectivity index (χ3n) is 3.46. The number of hydrogen-bond donors (Lipinski definition) is 0. The lowest BCUT2D eigenvalue weighted by Gasteiger charge is -2.07. The van der Waals surface area contributed by atoms with Gasteiger partial charge in [0.2, 0.25) is 5.90 Å². The van der Waals surface area contributed by atoms with Gasteiger partial charge in [0.25, 0.3) is 0 Å². The van der Waals surface area contributed by atoms with Gasteiger partial charge in [-0.25, -0.2) is 9.79 Å². The lowest BCUT2D eigenvalue weighted by atomic mass is 10.1. The molecule has 0 atom stereocenters. The van der Waals surface area contributed by atoms with Crippen molar-refractivity contribution in [1.29, 1.82) is 0 Å². The van der Waals surface area contributed by atoms with Crippen LogP contribution in [-0.2, 0) is 9.53 Å². The molecule has 0 saturated heterocycles. The molecule has 1 aliphatic heterocycles. The first-order valence-electron chi connectivity index (χ1n) is 7.12. The number of cyclic esters (lactones) is 1. The van der Waals surface area contributed by atoms with Crippen LogP contribution in [0.3, 0.4) is 0 Å². The van der Waals surface area contributed by atoms with Crippen molar-refractivity contribution in [3.8, 4) is 11.5 Å². The van der Waals surface area contributed by atoms with Crippen LogP contribution >= 0.6 is 15.9 Å². The summed E-state index contributed by atoms with van der Waals surface area (Å²) in [6.07, 6.45) is 1.63. The van der Waals surface area contributed by atoms with E-state index >= 15 is 0 Å². The molecular weight excluding hydrogens is 374 g/mol. The number of methoxy groups -OCH3 is 2. The second-order valence-electron chi connectivity index (χ2n) is 4.92. The van der Waals surface area contributed by atoms with Gasteiger partial charge >= 0.3 is 5.97 Å². The van der Waals surface area contributed by atoms with Gasteiger partial charge in [-0.1, -0.05) is 12.1 Å². The largest absolute Gasteiger partial charge is 0.497 e. The molecule has 2 aromatic rings. The van der Waals surface area contributed by atoms with Crippen LogP contribution < -0.4 is 9.47 Å². The van der Waals surface area contributed by atoms with E-state index in [1.807, 2.05) is 24.3 Å². The predicted octanol–water partition coefficient (Wildman–Crippen LogP) is 3.81. The van der Waals surface area contributed by atoms with Crippen LogP contribution in [0.15, 0.2) is 57.6 Å². The highest BCUT2D eigenvalue weighted by Crippen LogP contribution is 2.29. The van der Waals surface area contributed by atoms with Gasteiger partial charge in [0.05, 0.1) is 19.8 Å². The molecule has 6 heteroatoms. The molecule has 3 rings (SSSR count). The summed E-state index contributed by atoms with van der Waals surface area (Å²) in [6, 6.07) is 12.7. The normalized spacial score (nSPS) is 15.2. The Kier molecular flexibility index (Phi) is 4.66. The molecule has 0 radical (unpaired) electrons. The van der Waals surface area contributed by atoms with Crippen molar-refractivity contribution in [2.24, 2.45) is 4.99 Å². The second kappa shape index (κ2) is 6.88. The average Bonchev–Trinajstić information content (AvgIpc) is 2.96. The summed E-state index contributed by atoms with van der Waals surface area (Å²) in [6.45, 7) is 0. The van der Waals surface area contributed by atoms with Gasteiger partial charge in [0.1, 0.15) is 11.5 Å². The molecule has 24 heavy (non-hydrogen) atoms. The van der Waals surface area contributed by atoms with Crippen molar-refractivity contribution in [1.82, 2.24) is 0 Å². The Hall–Kier alpha value is -2.60. The first-order chi connectivity index (χ1) is 11.6. The molecule has 0 spiro atoms. The van der Waals surface area contributed by atoms with Crippen LogP contribution in [0, 0.1) is 0 Å². The summed E-state index contributed by atoms with van der Waals surface area (Å²) in [5, 5.41) is 0. The number of benzene rings is 2. The monoisotopic (exact) mass is 387 g/mol. The van der Waals surface area contributed by atoms with Crippen molar-refractivity contribution in [3.05, 3.63) is 63.8 Å². The van der Waals surface area contributed by atoms with Gasteiger partial charge in [0, 0.05) is 16.1 Å². The molecule has 0 aliphatic carbocycles. The molecule has 5 nitrogen and oxygen atoms in total. The number of rotatable bonds is 4. The van der Waals surface area contributed by atoms with Crippen molar-refractivity contribution >= 4 is 33.9 Å². The zero-order valence-corrected chi connectivity index (χ0v) is 14.7. The van der Waals surface area contributed by atoms with E-state index < -0.39 is 5.97 Å². The number of ether oxygens (including phenoxy) is 3. The molecule has 0 unspecified atom stereocenters. The molecule has 0 aromatic heterocycles. The van der Waals surface area contributed by atoms with Crippen LogP contribution in [0.25, 0.3) is 6.08 Å². The highest BCUT2D eigenvalue weighted by atomic mass is 79.9. The minimum absolute atomic E-state index is 0.212. The molecule has 122 valence electrons. The van der Waals surface area contributed by atoms with E-state index in [1.54, 1.807) is 38.5 Å². The minimum Gasteiger partial charge on any atom is -0.497 e. The number of esters is 1. The van der Waals surface area contributed by atoms with E-state index in [2.05, 4.69) is 20.9 Å². The number of nitrogens with zero attached hydrogens (tertiary/aromatic N) is 1. The van der Waals surface area contributed by atoms with Crippen molar-refractivity contribution in [2.75, 3.05) is 14.2 Å². The fraction of sp³-hybridized carbons (Fsp3) is 0.111. The maximum Gasteiger partial charge on any atom is 0.363 e. The van der Waals surface area contributed by atoms with Crippen LogP contribution in [0.1, 0.15) is 11.1 Å². The summed E-state index contributed by atoms with van der Waals surface area (Å²) in [5.41, 5.74) is 1.64. The van der Waals surface area contributed by atoms with Gasteiger partial charge in [-0.05, 0) is 46.3 Å². The molecule has 0 saturated carbocycles. The summed E-state index contributed by atoms with van der Waals surface area (Å²) in [4.78, 5) is 16.4. The Labute approximate surface area is 147 Å². The summed E-state index contributed by atoms with van der Waals surface area (Å²) in [7, 11) is 3.13. The minimum atomic E-state index is -0.501. The molecular formula is C18H14BrNO4. The highest BCUT2D eigenvalue weighted by molar-refractivity contribution is 9.10. The van der Waals surface area contributed by atoms with E-state index in [-0.39, 0.29) is 11.6 Å². The molecule has 0 bridgehead atoms. The lowest BCUT2D eigenvalue weighted by molar-refractivity contribution is -0.129. The van der Waals surface area contributed by atoms with Crippen molar-refractivity contribution < 1.29 is 19.0 Å². The van der Waals surface area contributed by atoms with Crippen LogP contribution in [0.2, 0.25) is 0 Å². The second-order valence-corrected chi connectivity index (χ2v) is 5.78. The van der Waals surface area contributed by atoms with Crippen LogP contribution in [0.5, 0.6) is 11.5 Å². The number of carbonyl (C=O) groups is 1. The fourth-order valence-corrected chi connectivity index (χ4v) is 2.70. The van der Waals surface area contributed by atoms with E-state index in [1.165, 1.54) is 0 Å². The maximum atomic E-state index is 12.1. The molecule has 2 aromatic carbocycles. The number of aliphatic imine (C=N–C) groups is 1. The fourth-order valence-electron chi connectivity index (χ4n) is 2.24. The van der Waals surface area contributed by atoms with Crippen molar-refractivity contribution in [3.63, 3.8) is 0 Å². The highest BCUT2D eigenvalue weighted by Gasteiger charge is 2.25. The van der Waals surface area contributed by atoms with E-state index in [0.29, 0.717) is 17.1 Å². The van der Waals surface area contributed by atoms with Gasteiger partial charge in [-0.3, -0.25) is 0 Å². The van der Waals surface area contributed by atoms with Crippen molar-refractivity contribution in [2.45, 2.75) is 0 Å².